The molecule has 0 aromatic carbocycles. The van der Waals surface area contributed by atoms with Gasteiger partial charge in [-0.05, 0) is 6.42 Å². The molecule has 1 aromatic rings. The average Bonchev–Trinajstić information content (AvgIpc) is 1.31. The van der Waals surface area contributed by atoms with Crippen molar-refractivity contribution in [2.75, 3.05) is 0 Å². The summed E-state index contributed by atoms with van der Waals surface area (Å²) in [6.45, 7) is 2.15. The van der Waals surface area contributed by atoms with E-state index in [1.165, 1.54) is 11.3 Å². The van der Waals surface area contributed by atoms with Crippen LogP contribution in [-0.2, 0) is 6.42 Å². The lowest BCUT2D eigenvalue weighted by Crippen LogP contribution is -1.78. The normalized spacial score (nSPS) is 9.50. The molecule has 2 heteroatoms. The molecule has 0 spiro atoms. The minimum Gasteiger partial charge on any atom is -0.317 e. The van der Waals surface area contributed by atoms with Crippen LogP contribution in [0.4, 0.5) is 0 Å². The Hall–Kier alpha value is -0.240. The molecule has 0 aliphatic rings. The summed E-state index contributed by atoms with van der Waals surface area (Å²) in [6.07, 6.45) is 3.21. The van der Waals surface area contributed by atoms with Crippen LogP contribution in [0.15, 0.2) is 6.20 Å². The number of aromatic amines is 1. The van der Waals surface area contributed by atoms with Crippen molar-refractivity contribution in [2.45, 2.75) is 13.3 Å². The van der Waals surface area contributed by atoms with Gasteiger partial charge >= 0.3 is 0 Å². The van der Waals surface area contributed by atoms with Gasteiger partial charge in [0.2, 0.25) is 0 Å². The number of aryl methyl sites for hydroxylation is 1. The third kappa shape index (κ3) is 0.476. The summed E-state index contributed by atoms with van der Waals surface area (Å²) in [5, 5.41) is 0. The SMILES string of the molecule is CCc1c[nH]s1. The summed E-state index contributed by atoms with van der Waals surface area (Å²) in [4.78, 5) is 1.45. The quantitative estimate of drug-likeness (QED) is 0.553. The van der Waals surface area contributed by atoms with Gasteiger partial charge in [0.05, 0.1) is 0 Å². The Kier molecular flexibility index (Phi) is 0.965. The minimum absolute atomic E-state index is 1.18. The Morgan fingerprint density at radius 1 is 2.00 bits per heavy atom. The predicted molar refractivity (Wildman–Crippen MR) is 28.0 cm³/mol. The Labute approximate surface area is 41.2 Å². The van der Waals surface area contributed by atoms with Gasteiger partial charge in [0, 0.05) is 11.1 Å². The van der Waals surface area contributed by atoms with Gasteiger partial charge in [-0.1, -0.05) is 18.5 Å². The molecule has 0 saturated carbocycles. The molecule has 0 fully saturated rings. The maximum atomic E-state index is 2.97. The zero-order valence-electron chi connectivity index (χ0n) is 3.69. The van der Waals surface area contributed by atoms with Gasteiger partial charge in [-0.25, -0.2) is 0 Å². The second-order valence-corrected chi connectivity index (χ2v) is 2.15. The van der Waals surface area contributed by atoms with E-state index in [4.69, 9.17) is 0 Å². The van der Waals surface area contributed by atoms with Crippen LogP contribution in [0, 0.1) is 0 Å². The van der Waals surface area contributed by atoms with E-state index in [0.29, 0.717) is 0 Å². The van der Waals surface area contributed by atoms with Crippen LogP contribution in [0.1, 0.15) is 11.8 Å². The van der Waals surface area contributed by atoms with Gasteiger partial charge in [0.25, 0.3) is 0 Å². The van der Waals surface area contributed by atoms with Gasteiger partial charge < -0.3 is 4.37 Å². The molecule has 1 heterocycles. The van der Waals surface area contributed by atoms with Crippen LogP contribution in [0.2, 0.25) is 0 Å². The largest absolute Gasteiger partial charge is 0.317 e. The lowest BCUT2D eigenvalue weighted by Gasteiger charge is -1.93. The smallest absolute Gasteiger partial charge is 0.0381 e. The van der Waals surface area contributed by atoms with Crippen LogP contribution >= 0.6 is 11.5 Å². The topological polar surface area (TPSA) is 15.8 Å². The van der Waals surface area contributed by atoms with E-state index in [1.807, 2.05) is 6.20 Å². The summed E-state index contributed by atoms with van der Waals surface area (Å²) < 4.78 is 2.97. The molecule has 1 N–H and O–H groups in total. The molecule has 0 unspecified atom stereocenters. The fourth-order valence-electron chi connectivity index (χ4n) is 0.316. The highest BCUT2D eigenvalue weighted by Crippen LogP contribution is 2.04. The van der Waals surface area contributed by atoms with E-state index in [0.717, 1.165) is 0 Å². The van der Waals surface area contributed by atoms with Crippen molar-refractivity contribution in [3.05, 3.63) is 11.1 Å². The molecule has 1 nitrogen and oxygen atoms in total. The van der Waals surface area contributed by atoms with Crippen LogP contribution in [0.25, 0.3) is 0 Å². The van der Waals surface area contributed by atoms with E-state index in [-0.39, 0.29) is 0 Å². The molecular formula is C4H7NS. The maximum Gasteiger partial charge on any atom is 0.0381 e. The van der Waals surface area contributed by atoms with E-state index >= 15 is 0 Å². The van der Waals surface area contributed by atoms with Crippen molar-refractivity contribution in [3.63, 3.8) is 0 Å². The fourth-order valence-corrected chi connectivity index (χ4v) is 0.745. The van der Waals surface area contributed by atoms with Gasteiger partial charge in [-0.15, -0.1) is 0 Å². The summed E-state index contributed by atoms with van der Waals surface area (Å²) in [7, 11) is 0. The maximum absolute atomic E-state index is 2.97. The highest BCUT2D eigenvalue weighted by Gasteiger charge is 1.85. The third-order valence-electron chi connectivity index (χ3n) is 0.758. The Morgan fingerprint density at radius 2 is 2.67 bits per heavy atom. The Balaban J connectivity index is 2.51. The highest BCUT2D eigenvalue weighted by molar-refractivity contribution is 7.06. The van der Waals surface area contributed by atoms with Crippen molar-refractivity contribution in [1.29, 1.82) is 0 Å². The van der Waals surface area contributed by atoms with Crippen LogP contribution in [0.5, 0.6) is 0 Å². The Bertz CT molecular complexity index is 100. The van der Waals surface area contributed by atoms with Crippen LogP contribution in [-0.4, -0.2) is 4.37 Å². The number of nitrogens with one attached hydrogen (secondary N) is 1. The Morgan fingerprint density at radius 3 is 2.67 bits per heavy atom. The molecule has 0 aliphatic heterocycles. The fraction of sp³-hybridized carbons (Fsp3) is 0.500. The molecule has 0 saturated heterocycles. The zero-order valence-corrected chi connectivity index (χ0v) is 4.51. The second kappa shape index (κ2) is 1.47. The third-order valence-corrected chi connectivity index (χ3v) is 1.66. The summed E-state index contributed by atoms with van der Waals surface area (Å²) in [5.74, 6) is 0. The summed E-state index contributed by atoms with van der Waals surface area (Å²) in [5.41, 5.74) is 0. The standard InChI is InChI=1S/C4H7NS/c1-2-4-3-5-6-4/h3,5H,2H2,1H3. The van der Waals surface area contributed by atoms with Crippen LogP contribution < -0.4 is 0 Å². The first-order valence-corrected chi connectivity index (χ1v) is 2.86. The number of hydrogen-bond donors (Lipinski definition) is 1. The van der Waals surface area contributed by atoms with Gasteiger partial charge in [-0.2, -0.15) is 0 Å². The minimum atomic E-state index is 1.18. The van der Waals surface area contributed by atoms with E-state index in [2.05, 4.69) is 11.3 Å². The zero-order chi connectivity index (χ0) is 4.41. The van der Waals surface area contributed by atoms with Gasteiger partial charge in [-0.3, -0.25) is 0 Å². The molecule has 0 radical (unpaired) electrons. The molecule has 0 atom stereocenters. The van der Waals surface area contributed by atoms with Crippen molar-refractivity contribution < 1.29 is 0 Å². The molecule has 0 bridgehead atoms. The highest BCUT2D eigenvalue weighted by atomic mass is 32.1. The van der Waals surface area contributed by atoms with Gasteiger partial charge in [0.1, 0.15) is 0 Å². The van der Waals surface area contributed by atoms with E-state index in [1.54, 1.807) is 11.5 Å². The first kappa shape index (κ1) is 3.93. The molecular weight excluding hydrogens is 94.1 g/mol. The number of hydrogen-bond acceptors (Lipinski definition) is 1. The summed E-state index contributed by atoms with van der Waals surface area (Å²) in [6, 6.07) is 0. The lowest BCUT2D eigenvalue weighted by molar-refractivity contribution is 1.15. The van der Waals surface area contributed by atoms with E-state index in [9.17, 15) is 0 Å². The monoisotopic (exact) mass is 101 g/mol. The van der Waals surface area contributed by atoms with Crippen molar-refractivity contribution in [2.24, 2.45) is 0 Å². The van der Waals surface area contributed by atoms with E-state index < -0.39 is 0 Å². The number of aromatic nitrogens is 1. The predicted octanol–water partition coefficient (Wildman–Crippen LogP) is 1.64. The van der Waals surface area contributed by atoms with Gasteiger partial charge in [0.15, 0.2) is 0 Å². The molecule has 1 rings (SSSR count). The average molecular weight is 101 g/mol. The van der Waals surface area contributed by atoms with Crippen molar-refractivity contribution in [1.82, 2.24) is 4.37 Å². The van der Waals surface area contributed by atoms with Crippen LogP contribution in [0.3, 0.4) is 0 Å². The number of rotatable bonds is 1. The molecule has 0 amide bonds. The lowest BCUT2D eigenvalue weighted by atomic mass is 10.4. The second-order valence-electron chi connectivity index (χ2n) is 1.18. The number of H-pyrrole nitrogens is 1. The first-order chi connectivity index (χ1) is 2.93. The van der Waals surface area contributed by atoms with Crippen molar-refractivity contribution in [3.8, 4) is 0 Å². The molecule has 6 heavy (non-hydrogen) atoms. The first-order valence-electron chi connectivity index (χ1n) is 2.05. The summed E-state index contributed by atoms with van der Waals surface area (Å²) >= 11 is 1.72. The molecule has 34 valence electrons. The molecule has 0 aliphatic carbocycles. The van der Waals surface area contributed by atoms with Crippen molar-refractivity contribution >= 4 is 11.5 Å². The molecule has 1 aromatic heterocycles.